The van der Waals surface area contributed by atoms with Gasteiger partial charge in [-0.3, -0.25) is 10.1 Å². The lowest BCUT2D eigenvalue weighted by Crippen LogP contribution is -2.45. The largest absolute Gasteiger partial charge is 0.351 e. The maximum Gasteiger partial charge on any atom is 0.318 e. The molecule has 0 spiro atoms. The van der Waals surface area contributed by atoms with Crippen molar-refractivity contribution < 1.29 is 9.59 Å². The van der Waals surface area contributed by atoms with Gasteiger partial charge in [0, 0.05) is 6.04 Å². The molecule has 0 aromatic heterocycles. The van der Waals surface area contributed by atoms with E-state index in [0.29, 0.717) is 12.0 Å². The van der Waals surface area contributed by atoms with Gasteiger partial charge in [0.15, 0.2) is 0 Å². The number of carbonyl (C=O) groups excluding carboxylic acids is 2. The van der Waals surface area contributed by atoms with Crippen LogP contribution in [0.5, 0.6) is 0 Å². The molecule has 1 unspecified atom stereocenters. The van der Waals surface area contributed by atoms with Gasteiger partial charge in [0.2, 0.25) is 5.91 Å². The van der Waals surface area contributed by atoms with E-state index in [0.717, 1.165) is 6.42 Å². The van der Waals surface area contributed by atoms with Gasteiger partial charge >= 0.3 is 6.03 Å². The molecule has 0 radical (unpaired) electrons. The summed E-state index contributed by atoms with van der Waals surface area (Å²) < 4.78 is 0. The zero-order valence-corrected chi connectivity index (χ0v) is 10.5. The number of hydrogen-bond acceptors (Lipinski definition) is 3. The first-order chi connectivity index (χ1) is 8.13. The van der Waals surface area contributed by atoms with Crippen LogP contribution in [0.2, 0.25) is 0 Å². The van der Waals surface area contributed by atoms with Crippen LogP contribution in [-0.4, -0.2) is 24.5 Å². The molecule has 1 aliphatic carbocycles. The Morgan fingerprint density at radius 1 is 1.29 bits per heavy atom. The molecule has 0 saturated heterocycles. The molecule has 0 bridgehead atoms. The van der Waals surface area contributed by atoms with Crippen molar-refractivity contribution in [3.05, 3.63) is 0 Å². The SMILES string of the molecule is CCC(NCC(=O)NC(N)=O)C1CCCCC1. The summed E-state index contributed by atoms with van der Waals surface area (Å²) in [5.41, 5.74) is 4.88. The van der Waals surface area contributed by atoms with Gasteiger partial charge in [-0.05, 0) is 25.2 Å². The third kappa shape index (κ3) is 5.17. The number of primary amides is 1. The van der Waals surface area contributed by atoms with E-state index >= 15 is 0 Å². The van der Waals surface area contributed by atoms with Crippen molar-refractivity contribution >= 4 is 11.9 Å². The van der Waals surface area contributed by atoms with Crippen LogP contribution in [-0.2, 0) is 4.79 Å². The third-order valence-electron chi connectivity index (χ3n) is 3.45. The van der Waals surface area contributed by atoms with E-state index in [-0.39, 0.29) is 12.5 Å². The topological polar surface area (TPSA) is 84.2 Å². The number of hydrogen-bond donors (Lipinski definition) is 3. The number of urea groups is 1. The molecule has 1 rings (SSSR count). The number of carbonyl (C=O) groups is 2. The summed E-state index contributed by atoms with van der Waals surface area (Å²) in [6.07, 6.45) is 7.39. The molecule has 0 aliphatic heterocycles. The van der Waals surface area contributed by atoms with E-state index in [4.69, 9.17) is 5.73 Å². The molecule has 1 aliphatic rings. The summed E-state index contributed by atoms with van der Waals surface area (Å²) in [6, 6.07) is -0.420. The number of nitrogens with two attached hydrogens (primary N) is 1. The Kier molecular flexibility index (Phi) is 5.97. The van der Waals surface area contributed by atoms with Gasteiger partial charge in [-0.15, -0.1) is 0 Å². The molecule has 5 nitrogen and oxygen atoms in total. The average molecular weight is 241 g/mol. The Morgan fingerprint density at radius 2 is 1.94 bits per heavy atom. The van der Waals surface area contributed by atoms with E-state index in [9.17, 15) is 9.59 Å². The lowest BCUT2D eigenvalue weighted by molar-refractivity contribution is -0.119. The van der Waals surface area contributed by atoms with Crippen LogP contribution in [0.1, 0.15) is 45.4 Å². The maximum atomic E-state index is 11.3. The zero-order chi connectivity index (χ0) is 12.7. The van der Waals surface area contributed by atoms with Crippen LogP contribution in [0.25, 0.3) is 0 Å². The highest BCUT2D eigenvalue weighted by Gasteiger charge is 2.22. The van der Waals surface area contributed by atoms with Gasteiger partial charge in [-0.25, -0.2) is 4.79 Å². The minimum atomic E-state index is -0.789. The summed E-state index contributed by atoms with van der Waals surface area (Å²) >= 11 is 0. The molecule has 5 heteroatoms. The Labute approximate surface area is 103 Å². The van der Waals surface area contributed by atoms with Crippen molar-refractivity contribution in [2.45, 2.75) is 51.5 Å². The second-order valence-corrected chi connectivity index (χ2v) is 4.71. The summed E-state index contributed by atoms with van der Waals surface area (Å²) in [7, 11) is 0. The van der Waals surface area contributed by atoms with Crippen molar-refractivity contribution in [2.75, 3.05) is 6.54 Å². The summed E-state index contributed by atoms with van der Waals surface area (Å²) in [5, 5.41) is 5.29. The number of imide groups is 1. The smallest absolute Gasteiger partial charge is 0.318 e. The highest BCUT2D eigenvalue weighted by molar-refractivity contribution is 5.94. The highest BCUT2D eigenvalue weighted by atomic mass is 16.2. The van der Waals surface area contributed by atoms with Gasteiger partial charge in [0.1, 0.15) is 0 Å². The molecular weight excluding hydrogens is 218 g/mol. The minimum Gasteiger partial charge on any atom is -0.351 e. The average Bonchev–Trinajstić information content (AvgIpc) is 2.30. The van der Waals surface area contributed by atoms with Crippen molar-refractivity contribution in [2.24, 2.45) is 11.7 Å². The normalized spacial score (nSPS) is 18.6. The number of amides is 3. The zero-order valence-electron chi connectivity index (χ0n) is 10.5. The highest BCUT2D eigenvalue weighted by Crippen LogP contribution is 2.27. The maximum absolute atomic E-state index is 11.3. The van der Waals surface area contributed by atoms with E-state index in [1.54, 1.807) is 0 Å². The molecule has 17 heavy (non-hydrogen) atoms. The van der Waals surface area contributed by atoms with Crippen molar-refractivity contribution in [3.8, 4) is 0 Å². The first kappa shape index (κ1) is 14.0. The van der Waals surface area contributed by atoms with Crippen molar-refractivity contribution in [1.82, 2.24) is 10.6 Å². The van der Waals surface area contributed by atoms with Crippen LogP contribution in [0.4, 0.5) is 4.79 Å². The molecule has 98 valence electrons. The number of nitrogens with one attached hydrogen (secondary N) is 2. The van der Waals surface area contributed by atoms with E-state index < -0.39 is 6.03 Å². The van der Waals surface area contributed by atoms with Gasteiger partial charge < -0.3 is 11.1 Å². The summed E-state index contributed by atoms with van der Waals surface area (Å²) in [4.78, 5) is 21.8. The second kappa shape index (κ2) is 7.27. The molecule has 4 N–H and O–H groups in total. The minimum absolute atomic E-state index is 0.165. The Balaban J connectivity index is 2.30. The van der Waals surface area contributed by atoms with Gasteiger partial charge in [-0.2, -0.15) is 0 Å². The summed E-state index contributed by atoms with van der Waals surface area (Å²) in [5.74, 6) is 0.307. The monoisotopic (exact) mass is 241 g/mol. The Bertz CT molecular complexity index is 262. The predicted molar refractivity (Wildman–Crippen MR) is 66.4 cm³/mol. The molecule has 1 saturated carbocycles. The lowest BCUT2D eigenvalue weighted by Gasteiger charge is -2.30. The lowest BCUT2D eigenvalue weighted by atomic mass is 9.83. The first-order valence-electron chi connectivity index (χ1n) is 6.46. The Morgan fingerprint density at radius 3 is 2.47 bits per heavy atom. The van der Waals surface area contributed by atoms with Crippen molar-refractivity contribution in [1.29, 1.82) is 0 Å². The fourth-order valence-corrected chi connectivity index (χ4v) is 2.59. The Hall–Kier alpha value is -1.10. The van der Waals surface area contributed by atoms with Crippen LogP contribution in [0, 0.1) is 5.92 Å². The quantitative estimate of drug-likeness (QED) is 0.674. The van der Waals surface area contributed by atoms with E-state index in [1.807, 2.05) is 0 Å². The van der Waals surface area contributed by atoms with Gasteiger partial charge in [-0.1, -0.05) is 26.2 Å². The summed E-state index contributed by atoms with van der Waals surface area (Å²) in [6.45, 7) is 2.29. The predicted octanol–water partition coefficient (Wildman–Crippen LogP) is 1.13. The van der Waals surface area contributed by atoms with E-state index in [2.05, 4.69) is 17.6 Å². The molecule has 3 amide bonds. The fourth-order valence-electron chi connectivity index (χ4n) is 2.59. The number of rotatable bonds is 5. The molecular formula is C12H23N3O2. The second-order valence-electron chi connectivity index (χ2n) is 4.71. The van der Waals surface area contributed by atoms with Gasteiger partial charge in [0.05, 0.1) is 6.54 Å². The molecule has 0 aromatic carbocycles. The fraction of sp³-hybridized carbons (Fsp3) is 0.833. The van der Waals surface area contributed by atoms with Crippen molar-refractivity contribution in [3.63, 3.8) is 0 Å². The molecule has 1 fully saturated rings. The first-order valence-corrected chi connectivity index (χ1v) is 6.46. The molecule has 0 aromatic rings. The van der Waals surface area contributed by atoms with Crippen LogP contribution in [0.15, 0.2) is 0 Å². The third-order valence-corrected chi connectivity index (χ3v) is 3.45. The van der Waals surface area contributed by atoms with E-state index in [1.165, 1.54) is 32.1 Å². The van der Waals surface area contributed by atoms with Crippen LogP contribution in [0.3, 0.4) is 0 Å². The van der Waals surface area contributed by atoms with Crippen LogP contribution >= 0.6 is 0 Å². The van der Waals surface area contributed by atoms with Gasteiger partial charge in [0.25, 0.3) is 0 Å². The molecule has 0 heterocycles. The van der Waals surface area contributed by atoms with Crippen LogP contribution < -0.4 is 16.4 Å². The molecule has 1 atom stereocenters. The standard InChI is InChI=1S/C12H23N3O2/c1-2-10(9-6-4-3-5-7-9)14-8-11(16)15-12(13)17/h9-10,14H,2-8H2,1H3,(H3,13,15,16,17).